The molecule has 0 aliphatic carbocycles. The Hall–Kier alpha value is -3.42. The van der Waals surface area contributed by atoms with Gasteiger partial charge in [0.15, 0.2) is 9.92 Å². The van der Waals surface area contributed by atoms with E-state index in [0.29, 0.717) is 21.0 Å². The molecule has 0 saturated carbocycles. The second kappa shape index (κ2) is 9.80. The summed E-state index contributed by atoms with van der Waals surface area (Å²) < 4.78 is 7.51. The van der Waals surface area contributed by atoms with Gasteiger partial charge in [-0.05, 0) is 13.8 Å². The van der Waals surface area contributed by atoms with E-state index in [1.54, 1.807) is 0 Å². The predicted octanol–water partition coefficient (Wildman–Crippen LogP) is 0.377. The van der Waals surface area contributed by atoms with Crippen molar-refractivity contribution >= 4 is 44.5 Å². The molecule has 4 aromatic heterocycles. The number of carbonyl (C=O) groups is 2. The number of amides is 1. The monoisotopic (exact) mass is 476 g/mol. The van der Waals surface area contributed by atoms with Crippen LogP contribution >= 0.6 is 22.7 Å². The maximum Gasteiger partial charge on any atom is 0.310 e. The number of hydrogen-bond acceptors (Lipinski definition) is 10. The largest absolute Gasteiger partial charge is 0.469 e. The Balaban J connectivity index is 0.000000181. The lowest BCUT2D eigenvalue weighted by atomic mass is 10.2. The van der Waals surface area contributed by atoms with E-state index in [4.69, 9.17) is 5.84 Å². The maximum atomic E-state index is 12.0. The van der Waals surface area contributed by atoms with Crippen LogP contribution in [0.4, 0.5) is 0 Å². The third kappa shape index (κ3) is 4.74. The minimum Gasteiger partial charge on any atom is -0.469 e. The lowest BCUT2D eigenvalue weighted by Gasteiger charge is -2.00. The van der Waals surface area contributed by atoms with Gasteiger partial charge < -0.3 is 4.74 Å². The summed E-state index contributed by atoms with van der Waals surface area (Å²) in [6, 6.07) is 0. The van der Waals surface area contributed by atoms with Crippen LogP contribution in [0.25, 0.3) is 9.92 Å². The number of rotatable bonds is 4. The standard InChI is InChI=1S/C10H10N2O3S.C9H10N4O2S/c1-6-5-16-10-11-4-7(3-8(13)15-2)9(14)12(6)10;1-5-4-16-9-11-3-6(2-7(14)12-10)8(15)13(5)9/h4-5H,3H2,1-2H3;3-4H,2,10H2,1H3,(H,12,14). The van der Waals surface area contributed by atoms with Crippen LogP contribution in [0.1, 0.15) is 22.5 Å². The molecule has 13 heteroatoms. The fourth-order valence-corrected chi connectivity index (χ4v) is 4.47. The van der Waals surface area contributed by atoms with Gasteiger partial charge in [-0.3, -0.25) is 33.4 Å². The molecule has 3 N–H and O–H groups in total. The van der Waals surface area contributed by atoms with E-state index in [2.05, 4.69) is 14.7 Å². The van der Waals surface area contributed by atoms with E-state index < -0.39 is 11.9 Å². The lowest BCUT2D eigenvalue weighted by Crippen LogP contribution is -2.33. The number of hydrazine groups is 1. The SMILES string of the molecule is COC(=O)Cc1cnc2scc(C)n2c1=O.Cc1csc2ncc(CC(=O)NN)c(=O)n12. The number of nitrogens with one attached hydrogen (secondary N) is 1. The Kier molecular flexibility index (Phi) is 7.12. The number of hydrogen-bond donors (Lipinski definition) is 2. The van der Waals surface area contributed by atoms with Crippen LogP contribution in [-0.4, -0.2) is 37.8 Å². The number of fused-ring (bicyclic) bond motifs is 2. The predicted molar refractivity (Wildman–Crippen MR) is 120 cm³/mol. The average molecular weight is 477 g/mol. The fraction of sp³-hybridized carbons (Fsp3) is 0.263. The van der Waals surface area contributed by atoms with Crippen LogP contribution in [0.3, 0.4) is 0 Å². The van der Waals surface area contributed by atoms with Gasteiger partial charge in [-0.15, -0.1) is 22.7 Å². The van der Waals surface area contributed by atoms with Crippen LogP contribution in [0, 0.1) is 13.8 Å². The van der Waals surface area contributed by atoms with Crippen LogP contribution < -0.4 is 22.4 Å². The second-order valence-corrected chi connectivity index (χ2v) is 8.34. The number of nitrogens with zero attached hydrogens (tertiary/aromatic N) is 4. The smallest absolute Gasteiger partial charge is 0.310 e. The molecule has 0 unspecified atom stereocenters. The number of ether oxygens (including phenoxy) is 1. The molecular weight excluding hydrogens is 456 g/mol. The van der Waals surface area contributed by atoms with Crippen LogP contribution in [-0.2, 0) is 27.2 Å². The van der Waals surface area contributed by atoms with Crippen molar-refractivity contribution in [3.05, 3.63) is 66.4 Å². The first-order valence-electron chi connectivity index (χ1n) is 9.22. The fourth-order valence-electron chi connectivity index (χ4n) is 2.82. The van der Waals surface area contributed by atoms with Gasteiger partial charge in [0, 0.05) is 45.7 Å². The van der Waals surface area contributed by atoms with Gasteiger partial charge in [0.05, 0.1) is 20.0 Å². The molecule has 0 saturated heterocycles. The Morgan fingerprint density at radius 1 is 0.969 bits per heavy atom. The van der Waals surface area contributed by atoms with E-state index in [1.807, 2.05) is 30.0 Å². The normalized spacial score (nSPS) is 10.6. The summed E-state index contributed by atoms with van der Waals surface area (Å²) in [6.07, 6.45) is 2.76. The molecule has 1 amide bonds. The molecule has 11 nitrogen and oxygen atoms in total. The zero-order valence-electron chi connectivity index (χ0n) is 17.4. The quantitative estimate of drug-likeness (QED) is 0.186. The molecule has 0 aliphatic rings. The van der Waals surface area contributed by atoms with E-state index >= 15 is 0 Å². The van der Waals surface area contributed by atoms with Gasteiger partial charge in [-0.25, -0.2) is 15.8 Å². The van der Waals surface area contributed by atoms with E-state index in [0.717, 1.165) is 11.4 Å². The second-order valence-electron chi connectivity index (χ2n) is 6.66. The molecule has 0 radical (unpaired) electrons. The van der Waals surface area contributed by atoms with E-state index in [-0.39, 0.29) is 24.0 Å². The van der Waals surface area contributed by atoms with Gasteiger partial charge in [0.25, 0.3) is 11.1 Å². The number of aryl methyl sites for hydroxylation is 2. The number of aromatic nitrogens is 4. The molecule has 4 rings (SSSR count). The van der Waals surface area contributed by atoms with Crippen molar-refractivity contribution in [1.82, 2.24) is 24.2 Å². The molecule has 4 aromatic rings. The molecule has 0 atom stereocenters. The summed E-state index contributed by atoms with van der Waals surface area (Å²) in [6.45, 7) is 3.65. The Morgan fingerprint density at radius 3 is 1.88 bits per heavy atom. The molecule has 0 aromatic carbocycles. The summed E-state index contributed by atoms with van der Waals surface area (Å²) in [7, 11) is 1.29. The molecule has 0 aliphatic heterocycles. The van der Waals surface area contributed by atoms with Crippen molar-refractivity contribution in [2.75, 3.05) is 7.11 Å². The number of thiazole rings is 2. The summed E-state index contributed by atoms with van der Waals surface area (Å²) in [5, 5.41) is 3.70. The van der Waals surface area contributed by atoms with E-state index in [9.17, 15) is 19.2 Å². The number of esters is 1. The Labute approximate surface area is 189 Å². The van der Waals surface area contributed by atoms with Crippen molar-refractivity contribution in [2.45, 2.75) is 26.7 Å². The molecule has 0 spiro atoms. The molecule has 32 heavy (non-hydrogen) atoms. The first kappa shape index (κ1) is 23.2. The minimum absolute atomic E-state index is 0.0411. The van der Waals surface area contributed by atoms with E-state index in [1.165, 1.54) is 51.0 Å². The molecular formula is C19H20N6O5S2. The number of nitrogens with two attached hydrogens (primary N) is 1. The summed E-state index contributed by atoms with van der Waals surface area (Å²) in [4.78, 5) is 55.6. The Morgan fingerprint density at radius 2 is 1.44 bits per heavy atom. The van der Waals surface area contributed by atoms with Crippen molar-refractivity contribution < 1.29 is 14.3 Å². The number of methoxy groups -OCH3 is 1. The van der Waals surface area contributed by atoms with Crippen LogP contribution in [0.2, 0.25) is 0 Å². The van der Waals surface area contributed by atoms with Gasteiger partial charge in [-0.2, -0.15) is 0 Å². The molecule has 168 valence electrons. The molecule has 4 heterocycles. The van der Waals surface area contributed by atoms with Crippen molar-refractivity contribution in [3.63, 3.8) is 0 Å². The first-order chi connectivity index (χ1) is 15.3. The third-order valence-corrected chi connectivity index (χ3v) is 6.36. The van der Waals surface area contributed by atoms with Crippen LogP contribution in [0.5, 0.6) is 0 Å². The van der Waals surface area contributed by atoms with Crippen molar-refractivity contribution in [3.8, 4) is 0 Å². The highest BCUT2D eigenvalue weighted by molar-refractivity contribution is 7.15. The minimum atomic E-state index is -0.438. The zero-order chi connectivity index (χ0) is 23.4. The summed E-state index contributed by atoms with van der Waals surface area (Å²) >= 11 is 2.79. The number of carbonyl (C=O) groups excluding carboxylic acids is 2. The topological polar surface area (TPSA) is 150 Å². The zero-order valence-corrected chi connectivity index (χ0v) is 19.1. The van der Waals surface area contributed by atoms with Gasteiger partial charge in [-0.1, -0.05) is 0 Å². The molecule has 0 bridgehead atoms. The van der Waals surface area contributed by atoms with Crippen molar-refractivity contribution in [2.24, 2.45) is 5.84 Å². The van der Waals surface area contributed by atoms with Crippen molar-refractivity contribution in [1.29, 1.82) is 0 Å². The third-order valence-electron chi connectivity index (χ3n) is 4.45. The lowest BCUT2D eigenvalue weighted by molar-refractivity contribution is -0.139. The van der Waals surface area contributed by atoms with Crippen LogP contribution in [0.15, 0.2) is 32.7 Å². The maximum absolute atomic E-state index is 12.0. The Bertz CT molecular complexity index is 1310. The van der Waals surface area contributed by atoms with Gasteiger partial charge in [0.2, 0.25) is 5.91 Å². The average Bonchev–Trinajstić information content (AvgIpc) is 3.35. The highest BCUT2D eigenvalue weighted by Gasteiger charge is 2.12. The molecule has 0 fully saturated rings. The highest BCUT2D eigenvalue weighted by Crippen LogP contribution is 2.12. The highest BCUT2D eigenvalue weighted by atomic mass is 32.1. The van der Waals surface area contributed by atoms with Gasteiger partial charge >= 0.3 is 5.97 Å². The van der Waals surface area contributed by atoms with Gasteiger partial charge in [0.1, 0.15) is 0 Å². The first-order valence-corrected chi connectivity index (χ1v) is 11.0. The summed E-state index contributed by atoms with van der Waals surface area (Å²) in [5.74, 6) is 4.12. The summed E-state index contributed by atoms with van der Waals surface area (Å²) in [5.41, 5.74) is 3.89.